The van der Waals surface area contributed by atoms with Crippen LogP contribution in [0.4, 0.5) is 0 Å². The number of benzene rings is 3. The molecule has 4 rings (SSSR count). The number of amides is 1. The minimum atomic E-state index is -0.402. The Morgan fingerprint density at radius 2 is 1.67 bits per heavy atom. The number of hydrogen-bond donors (Lipinski definition) is 1. The molecule has 0 fully saturated rings. The van der Waals surface area contributed by atoms with Crippen LogP contribution in [-0.2, 0) is 11.3 Å². The highest BCUT2D eigenvalue weighted by Crippen LogP contribution is 2.27. The van der Waals surface area contributed by atoms with Crippen LogP contribution >= 0.6 is 23.2 Å². The van der Waals surface area contributed by atoms with Crippen LogP contribution in [0.2, 0.25) is 10.0 Å². The average Bonchev–Trinajstić information content (AvgIpc) is 3.21. The van der Waals surface area contributed by atoms with Crippen molar-refractivity contribution in [2.24, 2.45) is 0 Å². The number of hydrogen-bond acceptors (Lipinski definition) is 3. The molecule has 33 heavy (non-hydrogen) atoms. The summed E-state index contributed by atoms with van der Waals surface area (Å²) in [7, 11) is 1.34. The Labute approximate surface area is 201 Å². The van der Waals surface area contributed by atoms with Crippen LogP contribution in [0.15, 0.2) is 72.9 Å². The first-order valence-corrected chi connectivity index (χ1v) is 11.1. The molecule has 0 spiro atoms. The number of ether oxygens (including phenoxy) is 1. The van der Waals surface area contributed by atoms with Gasteiger partial charge in [0.25, 0.3) is 5.91 Å². The summed E-state index contributed by atoms with van der Waals surface area (Å²) in [5.41, 5.74) is 3.69. The van der Waals surface area contributed by atoms with E-state index in [-0.39, 0.29) is 11.9 Å². The summed E-state index contributed by atoms with van der Waals surface area (Å²) >= 11 is 12.3. The Bertz CT molecular complexity index is 1310. The van der Waals surface area contributed by atoms with E-state index in [0.717, 1.165) is 22.0 Å². The fraction of sp³-hybridized carbons (Fsp3) is 0.154. The van der Waals surface area contributed by atoms with Crippen molar-refractivity contribution in [1.29, 1.82) is 0 Å². The van der Waals surface area contributed by atoms with E-state index in [4.69, 9.17) is 27.9 Å². The van der Waals surface area contributed by atoms with E-state index < -0.39 is 5.97 Å². The topological polar surface area (TPSA) is 60.3 Å². The van der Waals surface area contributed by atoms with Crippen LogP contribution in [0.25, 0.3) is 10.9 Å². The summed E-state index contributed by atoms with van der Waals surface area (Å²) < 4.78 is 6.76. The van der Waals surface area contributed by atoms with Crippen molar-refractivity contribution in [3.63, 3.8) is 0 Å². The van der Waals surface area contributed by atoms with E-state index in [1.54, 1.807) is 30.3 Å². The van der Waals surface area contributed by atoms with Crippen LogP contribution in [0, 0.1) is 0 Å². The summed E-state index contributed by atoms with van der Waals surface area (Å²) in [5.74, 6) is -0.635. The normalized spacial score (nSPS) is 11.9. The first-order chi connectivity index (χ1) is 15.9. The molecular weight excluding hydrogens is 459 g/mol. The molecule has 0 aliphatic carbocycles. The van der Waals surface area contributed by atoms with Crippen LogP contribution in [0.5, 0.6) is 0 Å². The molecule has 0 aliphatic heterocycles. The number of carbonyl (C=O) groups is 2. The number of fused-ring (bicyclic) bond motifs is 1. The molecule has 1 aromatic heterocycles. The Hall–Kier alpha value is -3.28. The fourth-order valence-corrected chi connectivity index (χ4v) is 4.14. The lowest BCUT2D eigenvalue weighted by atomic mass is 10.0. The number of halogens is 2. The van der Waals surface area contributed by atoms with Crippen molar-refractivity contribution in [1.82, 2.24) is 9.88 Å². The predicted molar refractivity (Wildman–Crippen MR) is 131 cm³/mol. The average molecular weight is 481 g/mol. The predicted octanol–water partition coefficient (Wildman–Crippen LogP) is 6.27. The van der Waals surface area contributed by atoms with Crippen LogP contribution in [-0.4, -0.2) is 23.6 Å². The molecule has 4 aromatic rings. The molecule has 0 aliphatic rings. The lowest BCUT2D eigenvalue weighted by Gasteiger charge is -2.16. The standard InChI is InChI=1S/C26H22Cl2N2O3/c1-16(18-5-7-19(8-6-18)26(32)33-2)29-25(31)23-14-22(28)13-20-11-12-30(24(20)23)15-17-3-9-21(27)10-4-17/h3-14,16H,15H2,1-2H3,(H,29,31)/t16-/m0/s1. The molecule has 1 amide bonds. The highest BCUT2D eigenvalue weighted by Gasteiger charge is 2.18. The number of nitrogens with one attached hydrogen (secondary N) is 1. The number of esters is 1. The van der Waals surface area contributed by atoms with E-state index >= 15 is 0 Å². The van der Waals surface area contributed by atoms with Gasteiger partial charge in [0.15, 0.2) is 0 Å². The lowest BCUT2D eigenvalue weighted by Crippen LogP contribution is -2.27. The van der Waals surface area contributed by atoms with E-state index in [0.29, 0.717) is 27.7 Å². The van der Waals surface area contributed by atoms with Gasteiger partial charge in [0.2, 0.25) is 0 Å². The summed E-state index contributed by atoms with van der Waals surface area (Å²) in [6.45, 7) is 2.48. The zero-order valence-electron chi connectivity index (χ0n) is 18.1. The van der Waals surface area contributed by atoms with Gasteiger partial charge in [-0.1, -0.05) is 47.5 Å². The minimum absolute atomic E-state index is 0.233. The minimum Gasteiger partial charge on any atom is -0.465 e. The van der Waals surface area contributed by atoms with Gasteiger partial charge >= 0.3 is 5.97 Å². The zero-order chi connectivity index (χ0) is 23.5. The summed E-state index contributed by atoms with van der Waals surface area (Å²) in [6, 6.07) is 19.8. The molecule has 0 unspecified atom stereocenters. The number of carbonyl (C=O) groups excluding carboxylic acids is 2. The van der Waals surface area contributed by atoms with Crippen molar-refractivity contribution in [3.05, 3.63) is 105 Å². The molecule has 3 aromatic carbocycles. The van der Waals surface area contributed by atoms with E-state index in [1.165, 1.54) is 7.11 Å². The molecule has 1 N–H and O–H groups in total. The Morgan fingerprint density at radius 3 is 2.33 bits per heavy atom. The van der Waals surface area contributed by atoms with Gasteiger partial charge < -0.3 is 14.6 Å². The third-order valence-electron chi connectivity index (χ3n) is 5.52. The van der Waals surface area contributed by atoms with Crippen molar-refractivity contribution in [2.75, 3.05) is 7.11 Å². The maximum Gasteiger partial charge on any atom is 0.337 e. The lowest BCUT2D eigenvalue weighted by molar-refractivity contribution is 0.0600. The molecule has 5 nitrogen and oxygen atoms in total. The third-order valence-corrected chi connectivity index (χ3v) is 5.99. The van der Waals surface area contributed by atoms with Gasteiger partial charge in [0, 0.05) is 28.2 Å². The van der Waals surface area contributed by atoms with E-state index in [9.17, 15) is 9.59 Å². The first kappa shape index (κ1) is 22.9. The van der Waals surface area contributed by atoms with Crippen molar-refractivity contribution < 1.29 is 14.3 Å². The molecule has 0 radical (unpaired) electrons. The molecule has 7 heteroatoms. The fourth-order valence-electron chi connectivity index (χ4n) is 3.79. The largest absolute Gasteiger partial charge is 0.465 e. The van der Waals surface area contributed by atoms with Gasteiger partial charge in [-0.05, 0) is 60.5 Å². The van der Waals surface area contributed by atoms with Gasteiger partial charge in [-0.15, -0.1) is 0 Å². The van der Waals surface area contributed by atoms with Crippen LogP contribution in [0.3, 0.4) is 0 Å². The Balaban J connectivity index is 1.61. The second-order valence-electron chi connectivity index (χ2n) is 7.77. The Kier molecular flexibility index (Phi) is 6.72. The molecule has 0 saturated heterocycles. The molecule has 0 bridgehead atoms. The number of nitrogens with zero attached hydrogens (tertiary/aromatic N) is 1. The molecule has 0 saturated carbocycles. The number of aromatic nitrogens is 1. The molecular formula is C26H22Cl2N2O3. The van der Waals surface area contributed by atoms with Gasteiger partial charge in [0.1, 0.15) is 0 Å². The monoisotopic (exact) mass is 480 g/mol. The Morgan fingerprint density at radius 1 is 0.970 bits per heavy atom. The highest BCUT2D eigenvalue weighted by molar-refractivity contribution is 6.32. The van der Waals surface area contributed by atoms with E-state index in [1.807, 2.05) is 54.1 Å². The maximum atomic E-state index is 13.3. The van der Waals surface area contributed by atoms with Gasteiger partial charge in [-0.2, -0.15) is 0 Å². The van der Waals surface area contributed by atoms with Crippen molar-refractivity contribution in [2.45, 2.75) is 19.5 Å². The van der Waals surface area contributed by atoms with Crippen molar-refractivity contribution >= 4 is 46.0 Å². The number of rotatable bonds is 6. The summed E-state index contributed by atoms with van der Waals surface area (Å²) in [5, 5.41) is 5.09. The second kappa shape index (κ2) is 9.69. The van der Waals surface area contributed by atoms with Gasteiger partial charge in [-0.3, -0.25) is 4.79 Å². The van der Waals surface area contributed by atoms with Crippen LogP contribution < -0.4 is 5.32 Å². The maximum absolute atomic E-state index is 13.3. The SMILES string of the molecule is COC(=O)c1ccc([C@H](C)NC(=O)c2cc(Cl)cc3ccn(Cc4ccc(Cl)cc4)c23)cc1. The number of methoxy groups -OCH3 is 1. The second-order valence-corrected chi connectivity index (χ2v) is 8.64. The summed E-state index contributed by atoms with van der Waals surface area (Å²) in [4.78, 5) is 24.9. The summed E-state index contributed by atoms with van der Waals surface area (Å²) in [6.07, 6.45) is 1.95. The van der Waals surface area contributed by atoms with Gasteiger partial charge in [-0.25, -0.2) is 4.79 Å². The first-order valence-electron chi connectivity index (χ1n) is 10.4. The smallest absolute Gasteiger partial charge is 0.337 e. The molecule has 168 valence electrons. The quantitative estimate of drug-likeness (QED) is 0.330. The molecule has 1 atom stereocenters. The van der Waals surface area contributed by atoms with Crippen molar-refractivity contribution in [3.8, 4) is 0 Å². The third kappa shape index (κ3) is 5.05. The van der Waals surface area contributed by atoms with Gasteiger partial charge in [0.05, 0.1) is 29.8 Å². The van der Waals surface area contributed by atoms with E-state index in [2.05, 4.69) is 5.32 Å². The van der Waals surface area contributed by atoms with Crippen LogP contribution in [0.1, 0.15) is 44.8 Å². The zero-order valence-corrected chi connectivity index (χ0v) is 19.7. The molecule has 1 heterocycles. The highest BCUT2D eigenvalue weighted by atomic mass is 35.5.